The van der Waals surface area contributed by atoms with E-state index in [0.29, 0.717) is 0 Å². The zero-order chi connectivity index (χ0) is 11.1. The molecule has 14 heavy (non-hydrogen) atoms. The Bertz CT molecular complexity index is 271. The topological polar surface area (TPSA) is 86.7 Å². The van der Waals surface area contributed by atoms with Crippen LogP contribution in [-0.4, -0.2) is 24.9 Å². The summed E-state index contributed by atoms with van der Waals surface area (Å²) in [6.45, 7) is 2.44. The van der Waals surface area contributed by atoms with Crippen LogP contribution in [0.25, 0.3) is 0 Å². The Morgan fingerprint density at radius 2 is 1.14 bits per heavy atom. The molecule has 6 nitrogen and oxygen atoms in total. The van der Waals surface area contributed by atoms with Crippen LogP contribution in [0.3, 0.4) is 0 Å². The zero-order valence-electron chi connectivity index (χ0n) is 7.60. The lowest BCUT2D eigenvalue weighted by atomic mass is 10.1. The standard InChI is InChI=1S/C8H8O6/c1-5(7(11)13-3-9)6(2)8(12)14-4-10/h3-4H,1-2H3/b6-5-. The van der Waals surface area contributed by atoms with E-state index < -0.39 is 11.9 Å². The first kappa shape index (κ1) is 12.0. The number of carbonyl (C=O) groups excluding carboxylic acids is 4. The average Bonchev–Trinajstić information content (AvgIpc) is 2.16. The normalized spacial score (nSPS) is 11.0. The van der Waals surface area contributed by atoms with Crippen LogP contribution < -0.4 is 0 Å². The molecule has 0 rings (SSSR count). The van der Waals surface area contributed by atoms with Crippen molar-refractivity contribution in [1.82, 2.24) is 0 Å². The van der Waals surface area contributed by atoms with Gasteiger partial charge in [0, 0.05) is 11.1 Å². The molecule has 0 aromatic heterocycles. The molecule has 0 N–H and O–H groups in total. The summed E-state index contributed by atoms with van der Waals surface area (Å²) in [5, 5.41) is 0. The van der Waals surface area contributed by atoms with Gasteiger partial charge in [0.15, 0.2) is 0 Å². The first-order valence-electron chi connectivity index (χ1n) is 3.51. The fourth-order valence-electron chi connectivity index (χ4n) is 0.570. The molecule has 0 amide bonds. The predicted octanol–water partition coefficient (Wildman–Crippen LogP) is -0.278. The van der Waals surface area contributed by atoms with Crippen molar-refractivity contribution in [3.05, 3.63) is 11.1 Å². The maximum absolute atomic E-state index is 10.9. The van der Waals surface area contributed by atoms with Crippen molar-refractivity contribution >= 4 is 24.9 Å². The quantitative estimate of drug-likeness (QED) is 0.268. The number of hydrogen-bond acceptors (Lipinski definition) is 6. The molecule has 0 bridgehead atoms. The molecule has 6 heteroatoms. The highest BCUT2D eigenvalue weighted by Crippen LogP contribution is 2.06. The number of esters is 2. The minimum absolute atomic E-state index is 0.0514. The smallest absolute Gasteiger partial charge is 0.341 e. The van der Waals surface area contributed by atoms with Crippen molar-refractivity contribution in [3.8, 4) is 0 Å². The van der Waals surface area contributed by atoms with E-state index in [2.05, 4.69) is 9.47 Å². The van der Waals surface area contributed by atoms with Crippen molar-refractivity contribution in [3.63, 3.8) is 0 Å². The van der Waals surface area contributed by atoms with Crippen molar-refractivity contribution in [2.75, 3.05) is 0 Å². The van der Waals surface area contributed by atoms with Gasteiger partial charge in [-0.3, -0.25) is 9.59 Å². The van der Waals surface area contributed by atoms with Gasteiger partial charge in [-0.2, -0.15) is 0 Å². The Morgan fingerprint density at radius 3 is 1.36 bits per heavy atom. The Kier molecular flexibility index (Phi) is 4.83. The van der Waals surface area contributed by atoms with Gasteiger partial charge in [0.2, 0.25) is 0 Å². The van der Waals surface area contributed by atoms with Crippen LogP contribution in [-0.2, 0) is 28.7 Å². The third kappa shape index (κ3) is 3.18. The molecule has 0 aliphatic rings. The molecule has 0 aliphatic heterocycles. The largest absolute Gasteiger partial charge is 0.392 e. The summed E-state index contributed by atoms with van der Waals surface area (Å²) < 4.78 is 7.96. The predicted molar refractivity (Wildman–Crippen MR) is 42.7 cm³/mol. The van der Waals surface area contributed by atoms with Gasteiger partial charge in [-0.25, -0.2) is 9.59 Å². The monoisotopic (exact) mass is 200 g/mol. The summed E-state index contributed by atoms with van der Waals surface area (Å²) in [5.74, 6) is -1.92. The average molecular weight is 200 g/mol. The molecule has 0 radical (unpaired) electrons. The van der Waals surface area contributed by atoms with E-state index in [-0.39, 0.29) is 24.1 Å². The second-order valence-electron chi connectivity index (χ2n) is 2.25. The highest BCUT2D eigenvalue weighted by molar-refractivity contribution is 6.02. The Labute approximate surface area is 79.5 Å². The van der Waals surface area contributed by atoms with Gasteiger partial charge in [-0.05, 0) is 13.8 Å². The van der Waals surface area contributed by atoms with Crippen LogP contribution in [0.15, 0.2) is 11.1 Å². The maximum atomic E-state index is 10.9. The molecule has 76 valence electrons. The zero-order valence-corrected chi connectivity index (χ0v) is 7.60. The van der Waals surface area contributed by atoms with Gasteiger partial charge >= 0.3 is 24.9 Å². The van der Waals surface area contributed by atoms with E-state index >= 15 is 0 Å². The summed E-state index contributed by atoms with van der Waals surface area (Å²) in [6, 6.07) is 0. The second kappa shape index (κ2) is 5.63. The molecule has 0 spiro atoms. The van der Waals surface area contributed by atoms with E-state index in [1.54, 1.807) is 0 Å². The van der Waals surface area contributed by atoms with E-state index in [9.17, 15) is 19.2 Å². The second-order valence-corrected chi connectivity index (χ2v) is 2.25. The van der Waals surface area contributed by atoms with Crippen LogP contribution in [0.4, 0.5) is 0 Å². The van der Waals surface area contributed by atoms with Crippen molar-refractivity contribution < 1.29 is 28.7 Å². The molecule has 0 saturated carbocycles. The lowest BCUT2D eigenvalue weighted by molar-refractivity contribution is -0.151. The first-order chi connectivity index (χ1) is 6.54. The third-order valence-electron chi connectivity index (χ3n) is 1.49. The fraction of sp³-hybridized carbons (Fsp3) is 0.250. The Balaban J connectivity index is 4.72. The first-order valence-corrected chi connectivity index (χ1v) is 3.51. The van der Waals surface area contributed by atoms with E-state index in [4.69, 9.17) is 0 Å². The lowest BCUT2D eigenvalue weighted by Crippen LogP contribution is -2.12. The van der Waals surface area contributed by atoms with Crippen LogP contribution in [0.5, 0.6) is 0 Å². The van der Waals surface area contributed by atoms with Crippen LogP contribution in [0, 0.1) is 0 Å². The van der Waals surface area contributed by atoms with Gasteiger partial charge < -0.3 is 9.47 Å². The minimum Gasteiger partial charge on any atom is -0.392 e. The molecule has 0 saturated heterocycles. The van der Waals surface area contributed by atoms with Gasteiger partial charge in [0.1, 0.15) is 0 Å². The highest BCUT2D eigenvalue weighted by atomic mass is 16.6. The molecular formula is C8H8O6. The van der Waals surface area contributed by atoms with Crippen LogP contribution in [0.2, 0.25) is 0 Å². The number of hydrogen-bond donors (Lipinski definition) is 0. The summed E-state index contributed by atoms with van der Waals surface area (Å²) in [7, 11) is 0. The highest BCUT2D eigenvalue weighted by Gasteiger charge is 2.15. The van der Waals surface area contributed by atoms with E-state index in [0.717, 1.165) is 0 Å². The minimum atomic E-state index is -0.958. The molecule has 0 unspecified atom stereocenters. The summed E-state index contributed by atoms with van der Waals surface area (Å²) >= 11 is 0. The maximum Gasteiger partial charge on any atom is 0.341 e. The van der Waals surface area contributed by atoms with Crippen molar-refractivity contribution in [2.24, 2.45) is 0 Å². The third-order valence-corrected chi connectivity index (χ3v) is 1.49. The SMILES string of the molecule is C/C(C(=O)OC=O)=C(\C)C(=O)OC=O. The van der Waals surface area contributed by atoms with Gasteiger partial charge in [-0.15, -0.1) is 0 Å². The van der Waals surface area contributed by atoms with E-state index in [1.165, 1.54) is 13.8 Å². The van der Waals surface area contributed by atoms with Gasteiger partial charge in [0.25, 0.3) is 0 Å². The lowest BCUT2D eigenvalue weighted by Gasteiger charge is -2.01. The number of rotatable bonds is 4. The molecule has 0 aliphatic carbocycles. The number of carbonyl (C=O) groups is 4. The molecule has 0 heterocycles. The molecule has 0 atom stereocenters. The van der Waals surface area contributed by atoms with Crippen molar-refractivity contribution in [2.45, 2.75) is 13.8 Å². The van der Waals surface area contributed by atoms with Crippen LogP contribution in [0.1, 0.15) is 13.8 Å². The Morgan fingerprint density at radius 1 is 0.857 bits per heavy atom. The summed E-state index contributed by atoms with van der Waals surface area (Å²) in [6.07, 6.45) is 0. The molecule has 0 aromatic carbocycles. The summed E-state index contributed by atoms with van der Waals surface area (Å²) in [4.78, 5) is 41.4. The van der Waals surface area contributed by atoms with Gasteiger partial charge in [0.05, 0.1) is 0 Å². The fourth-order valence-corrected chi connectivity index (χ4v) is 0.570. The van der Waals surface area contributed by atoms with E-state index in [1.807, 2.05) is 0 Å². The summed E-state index contributed by atoms with van der Waals surface area (Å²) in [5.41, 5.74) is -0.187. The van der Waals surface area contributed by atoms with Crippen molar-refractivity contribution in [1.29, 1.82) is 0 Å². The van der Waals surface area contributed by atoms with Crippen LogP contribution >= 0.6 is 0 Å². The molecule has 0 aromatic rings. The van der Waals surface area contributed by atoms with Gasteiger partial charge in [-0.1, -0.05) is 0 Å². The molecular weight excluding hydrogens is 192 g/mol. The molecule has 0 fully saturated rings. The Hall–Kier alpha value is -1.98. The number of ether oxygens (including phenoxy) is 2.